The highest BCUT2D eigenvalue weighted by Gasteiger charge is 2.00. The van der Waals surface area contributed by atoms with Crippen molar-refractivity contribution in [3.63, 3.8) is 0 Å². The van der Waals surface area contributed by atoms with E-state index >= 15 is 0 Å². The van der Waals surface area contributed by atoms with Crippen LogP contribution in [-0.2, 0) is 13.6 Å². The lowest BCUT2D eigenvalue weighted by Crippen LogP contribution is -1.96. The Labute approximate surface area is 172 Å². The summed E-state index contributed by atoms with van der Waals surface area (Å²) in [5.74, 6) is 4.21. The third-order valence-corrected chi connectivity index (χ3v) is 7.12. The number of unbranched alkanes of at least 4 members (excludes halogenated alkanes) is 10. The first-order valence-electron chi connectivity index (χ1n) is 10.8. The topological polar surface area (TPSA) is 35.5 Å². The van der Waals surface area contributed by atoms with E-state index in [1.165, 1.54) is 88.6 Å². The summed E-state index contributed by atoms with van der Waals surface area (Å²) in [6.07, 6.45) is 16.1. The van der Waals surface area contributed by atoms with Gasteiger partial charge in [0.2, 0.25) is 0 Å². The Balaban J connectivity index is 3.13. The zero-order valence-corrected chi connectivity index (χ0v) is 19.9. The molecule has 26 heavy (non-hydrogen) atoms. The summed E-state index contributed by atoms with van der Waals surface area (Å²) < 4.78 is 22.2. The van der Waals surface area contributed by atoms with Gasteiger partial charge in [0.15, 0.2) is 0 Å². The summed E-state index contributed by atoms with van der Waals surface area (Å²) in [6, 6.07) is 0. The quantitative estimate of drug-likeness (QED) is 0.132. The summed E-state index contributed by atoms with van der Waals surface area (Å²) in [7, 11) is -2.28. The van der Waals surface area contributed by atoms with Crippen molar-refractivity contribution in [1.82, 2.24) is 0 Å². The van der Waals surface area contributed by atoms with E-state index in [1.54, 1.807) is 0 Å². The van der Waals surface area contributed by atoms with Crippen molar-refractivity contribution in [1.29, 1.82) is 0 Å². The molecule has 0 atom stereocenters. The Morgan fingerprint density at radius 3 is 1.38 bits per heavy atom. The summed E-state index contributed by atoms with van der Waals surface area (Å²) in [6.45, 7) is 5.59. The molecule has 158 valence electrons. The molecule has 0 unspecified atom stereocenters. The highest BCUT2D eigenvalue weighted by atomic mass is 32.2. The molecule has 0 aromatic rings. The van der Waals surface area contributed by atoms with Gasteiger partial charge in [0.25, 0.3) is 0 Å². The van der Waals surface area contributed by atoms with Crippen LogP contribution in [0.25, 0.3) is 0 Å². The first-order valence-corrected chi connectivity index (χ1v) is 14.3. The van der Waals surface area contributed by atoms with Crippen LogP contribution in [-0.4, -0.2) is 36.2 Å². The third-order valence-electron chi connectivity index (χ3n) is 4.18. The summed E-state index contributed by atoms with van der Waals surface area (Å²) in [5.41, 5.74) is 0. The molecule has 0 saturated heterocycles. The van der Waals surface area contributed by atoms with Crippen molar-refractivity contribution in [3.8, 4) is 0 Å². The average Bonchev–Trinajstić information content (AvgIpc) is 2.64. The van der Waals surface area contributed by atoms with Gasteiger partial charge in [-0.2, -0.15) is 23.5 Å². The smallest absolute Gasteiger partial charge is 0.310 e. The second-order valence-corrected chi connectivity index (χ2v) is 10.2. The van der Waals surface area contributed by atoms with E-state index in [2.05, 4.69) is 13.8 Å². The molecule has 6 heteroatoms. The highest BCUT2D eigenvalue weighted by molar-refractivity contribution is 7.99. The Kier molecular flexibility index (Phi) is 24.7. The fourth-order valence-electron chi connectivity index (χ4n) is 2.58. The van der Waals surface area contributed by atoms with Gasteiger partial charge in [0, 0.05) is 11.5 Å². The van der Waals surface area contributed by atoms with E-state index in [4.69, 9.17) is 9.05 Å². The van der Waals surface area contributed by atoms with Crippen molar-refractivity contribution < 1.29 is 13.6 Å². The SMILES string of the molecule is CCCCCCCCSCCO[PH](=O)OCCSCCCCCCCC. The van der Waals surface area contributed by atoms with Gasteiger partial charge < -0.3 is 9.05 Å². The highest BCUT2D eigenvalue weighted by Crippen LogP contribution is 2.24. The Morgan fingerprint density at radius 2 is 0.962 bits per heavy atom. The fraction of sp³-hybridized carbons (Fsp3) is 1.00. The molecule has 0 heterocycles. The van der Waals surface area contributed by atoms with Gasteiger partial charge in [-0.05, 0) is 24.3 Å². The van der Waals surface area contributed by atoms with Crippen LogP contribution in [0.2, 0.25) is 0 Å². The normalized spacial score (nSPS) is 11.5. The molecule has 0 aromatic carbocycles. The molecule has 0 aliphatic carbocycles. The molecule has 0 amide bonds. The maximum Gasteiger partial charge on any atom is 0.319 e. The van der Waals surface area contributed by atoms with E-state index < -0.39 is 8.25 Å². The molecule has 0 spiro atoms. The second-order valence-electron chi connectivity index (χ2n) is 6.71. The molecule has 0 aliphatic heterocycles. The van der Waals surface area contributed by atoms with Crippen molar-refractivity contribution in [2.45, 2.75) is 90.9 Å². The predicted octanol–water partition coefficient (Wildman–Crippen LogP) is 7.60. The summed E-state index contributed by atoms with van der Waals surface area (Å²) in [4.78, 5) is 0. The maximum absolute atomic E-state index is 11.6. The molecule has 0 N–H and O–H groups in total. The molecule has 0 fully saturated rings. The summed E-state index contributed by atoms with van der Waals surface area (Å²) >= 11 is 3.79. The number of thioether (sulfide) groups is 2. The zero-order chi connectivity index (χ0) is 19.1. The van der Waals surface area contributed by atoms with Crippen LogP contribution in [0.5, 0.6) is 0 Å². The zero-order valence-electron chi connectivity index (χ0n) is 17.3. The van der Waals surface area contributed by atoms with Crippen LogP contribution < -0.4 is 0 Å². The van der Waals surface area contributed by atoms with Crippen molar-refractivity contribution in [2.24, 2.45) is 0 Å². The van der Waals surface area contributed by atoms with Crippen molar-refractivity contribution in [2.75, 3.05) is 36.2 Å². The van der Waals surface area contributed by atoms with E-state index in [9.17, 15) is 4.57 Å². The van der Waals surface area contributed by atoms with Crippen LogP contribution in [0.4, 0.5) is 0 Å². The molecule has 0 aliphatic rings. The first-order chi connectivity index (χ1) is 12.8. The average molecular weight is 427 g/mol. The Hall–Kier alpha value is 0.850. The number of hydrogen-bond acceptors (Lipinski definition) is 5. The van der Waals surface area contributed by atoms with Gasteiger partial charge >= 0.3 is 8.25 Å². The molecule has 0 saturated carbocycles. The van der Waals surface area contributed by atoms with Gasteiger partial charge in [-0.3, -0.25) is 4.57 Å². The minimum absolute atomic E-state index is 0.545. The third kappa shape index (κ3) is 22.9. The van der Waals surface area contributed by atoms with Gasteiger partial charge in [0.1, 0.15) is 0 Å². The molecule has 0 radical (unpaired) electrons. The first kappa shape index (κ1) is 26.9. The minimum atomic E-state index is -2.28. The second kappa shape index (κ2) is 23.9. The molecule has 3 nitrogen and oxygen atoms in total. The lowest BCUT2D eigenvalue weighted by Gasteiger charge is -2.06. The molecule has 0 aromatic heterocycles. The van der Waals surface area contributed by atoms with E-state index in [0.29, 0.717) is 13.2 Å². The largest absolute Gasteiger partial charge is 0.319 e. The standard InChI is InChI=1S/C20H43O3PS2/c1-3-5-7-9-11-13-17-25-19-15-22-24(21)23-16-20-26-18-14-12-10-8-6-4-2/h24H,3-20H2,1-2H3. The van der Waals surface area contributed by atoms with Gasteiger partial charge in [-0.15, -0.1) is 0 Å². The maximum atomic E-state index is 11.6. The van der Waals surface area contributed by atoms with Crippen LogP contribution in [0.3, 0.4) is 0 Å². The molecular weight excluding hydrogens is 383 g/mol. The minimum Gasteiger partial charge on any atom is -0.310 e. The number of hydrogen-bond donors (Lipinski definition) is 0. The van der Waals surface area contributed by atoms with Crippen LogP contribution in [0.1, 0.15) is 90.9 Å². The van der Waals surface area contributed by atoms with Crippen LogP contribution >= 0.6 is 31.8 Å². The number of rotatable bonds is 22. The molecular formula is C20H43O3PS2. The van der Waals surface area contributed by atoms with E-state index in [-0.39, 0.29) is 0 Å². The Bertz CT molecular complexity index is 268. The van der Waals surface area contributed by atoms with Crippen molar-refractivity contribution in [3.05, 3.63) is 0 Å². The van der Waals surface area contributed by atoms with Crippen LogP contribution in [0.15, 0.2) is 0 Å². The van der Waals surface area contributed by atoms with Crippen LogP contribution in [0, 0.1) is 0 Å². The summed E-state index contributed by atoms with van der Waals surface area (Å²) in [5, 5.41) is 0. The van der Waals surface area contributed by atoms with Crippen molar-refractivity contribution >= 4 is 31.8 Å². The van der Waals surface area contributed by atoms with E-state index in [1.807, 2.05) is 23.5 Å². The lowest BCUT2D eigenvalue weighted by atomic mass is 10.1. The molecule has 0 rings (SSSR count). The molecule has 0 bridgehead atoms. The fourth-order valence-corrected chi connectivity index (χ4v) is 5.13. The predicted molar refractivity (Wildman–Crippen MR) is 122 cm³/mol. The van der Waals surface area contributed by atoms with Gasteiger partial charge in [-0.25, -0.2) is 0 Å². The van der Waals surface area contributed by atoms with E-state index in [0.717, 1.165) is 11.5 Å². The Morgan fingerprint density at radius 1 is 0.577 bits per heavy atom. The lowest BCUT2D eigenvalue weighted by molar-refractivity contribution is 0.246. The monoisotopic (exact) mass is 426 g/mol. The van der Waals surface area contributed by atoms with Gasteiger partial charge in [-0.1, -0.05) is 78.1 Å². The van der Waals surface area contributed by atoms with Gasteiger partial charge in [0.05, 0.1) is 13.2 Å².